The highest BCUT2D eigenvalue weighted by molar-refractivity contribution is 9.10. The molecule has 0 fully saturated rings. The number of aromatic nitrogens is 2. The Morgan fingerprint density at radius 1 is 0.361 bits per heavy atom. The first-order valence-electron chi connectivity index (χ1n) is 24.1. The maximum absolute atomic E-state index is 9.43. The number of rotatable bonds is 6. The van der Waals surface area contributed by atoms with E-state index in [0.717, 1.165) is 67.6 Å². The maximum Gasteiger partial charge on any atom is 0.488 e. The molecule has 6 nitrogen and oxygen atoms in total. The SMILES string of the molecule is Brc1ccc2c(c1)N=C(c1ccccc1)C2.OB(O)c1ccc2c(c1)c1ccccc1n2-c1ccccc1.c1ccc(C2=Nc3cc(-c4ccc5c(c4)c4ccccc4n5-c4ccccc4)ccc3C2)cc1. The fraction of sp³-hybridized carbons (Fsp3) is 0.0312. The van der Waals surface area contributed by atoms with Crippen molar-refractivity contribution in [2.45, 2.75) is 12.8 Å². The van der Waals surface area contributed by atoms with E-state index in [2.05, 4.69) is 218 Å². The van der Waals surface area contributed by atoms with Gasteiger partial charge in [0.25, 0.3) is 0 Å². The van der Waals surface area contributed by atoms with Crippen molar-refractivity contribution in [2.24, 2.45) is 9.98 Å². The minimum absolute atomic E-state index is 0.503. The summed E-state index contributed by atoms with van der Waals surface area (Å²) in [4.78, 5) is 9.65. The highest BCUT2D eigenvalue weighted by Crippen LogP contribution is 2.38. The van der Waals surface area contributed by atoms with Crippen LogP contribution in [0.4, 0.5) is 11.4 Å². The minimum atomic E-state index is -1.46. The molecular formula is C64H46BBrN4O2. The third-order valence-electron chi connectivity index (χ3n) is 13.6. The lowest BCUT2D eigenvalue weighted by atomic mass is 9.80. The molecular weight excluding hydrogens is 947 g/mol. The third kappa shape index (κ3) is 8.66. The van der Waals surface area contributed by atoms with E-state index in [9.17, 15) is 10.0 Å². The van der Waals surface area contributed by atoms with Crippen LogP contribution in [0.2, 0.25) is 0 Å². The quantitative estimate of drug-likeness (QED) is 0.163. The normalized spacial score (nSPS) is 12.4. The molecule has 344 valence electrons. The Hall–Kier alpha value is -8.40. The van der Waals surface area contributed by atoms with Gasteiger partial charge in [0.2, 0.25) is 0 Å². The molecule has 2 aromatic heterocycles. The van der Waals surface area contributed by atoms with Gasteiger partial charge in [-0.05, 0) is 112 Å². The number of halogens is 1. The number of fused-ring (bicyclic) bond motifs is 8. The van der Waals surface area contributed by atoms with Gasteiger partial charge in [-0.25, -0.2) is 0 Å². The number of nitrogens with zero attached hydrogens (tertiary/aromatic N) is 4. The molecule has 2 N–H and O–H groups in total. The summed E-state index contributed by atoms with van der Waals surface area (Å²) in [5, 5.41) is 23.5. The Labute approximate surface area is 426 Å². The molecule has 0 aliphatic carbocycles. The van der Waals surface area contributed by atoms with Gasteiger partial charge >= 0.3 is 7.12 Å². The van der Waals surface area contributed by atoms with Gasteiger partial charge in [-0.2, -0.15) is 0 Å². The largest absolute Gasteiger partial charge is 0.488 e. The Balaban J connectivity index is 0.000000120. The predicted octanol–water partition coefficient (Wildman–Crippen LogP) is 14.7. The Bertz CT molecular complexity index is 4020. The highest BCUT2D eigenvalue weighted by Gasteiger charge is 2.20. The summed E-state index contributed by atoms with van der Waals surface area (Å²) < 4.78 is 5.63. The summed E-state index contributed by atoms with van der Waals surface area (Å²) in [6.45, 7) is 0. The zero-order valence-electron chi connectivity index (χ0n) is 39.1. The molecule has 2 aliphatic rings. The monoisotopic (exact) mass is 992 g/mol. The van der Waals surface area contributed by atoms with Crippen LogP contribution in [-0.4, -0.2) is 37.7 Å². The van der Waals surface area contributed by atoms with Gasteiger partial charge in [0.15, 0.2) is 0 Å². The van der Waals surface area contributed by atoms with E-state index in [1.807, 2.05) is 48.5 Å². The van der Waals surface area contributed by atoms with Gasteiger partial charge in [0.05, 0.1) is 44.9 Å². The topological polar surface area (TPSA) is 75.0 Å². The van der Waals surface area contributed by atoms with Crippen LogP contribution in [0.15, 0.2) is 257 Å². The Morgan fingerprint density at radius 2 is 0.778 bits per heavy atom. The molecule has 0 saturated carbocycles. The van der Waals surface area contributed by atoms with E-state index in [0.29, 0.717) is 5.46 Å². The summed E-state index contributed by atoms with van der Waals surface area (Å²) in [6.07, 6.45) is 1.83. The van der Waals surface area contributed by atoms with Gasteiger partial charge in [-0.1, -0.05) is 186 Å². The van der Waals surface area contributed by atoms with Gasteiger partial charge in [-0.3, -0.25) is 9.98 Å². The molecule has 14 rings (SSSR count). The van der Waals surface area contributed by atoms with Gasteiger partial charge in [-0.15, -0.1) is 0 Å². The van der Waals surface area contributed by atoms with E-state index < -0.39 is 7.12 Å². The van der Waals surface area contributed by atoms with Crippen LogP contribution >= 0.6 is 15.9 Å². The first kappa shape index (κ1) is 44.8. The molecule has 0 radical (unpaired) electrons. The van der Waals surface area contributed by atoms with Crippen LogP contribution in [0.1, 0.15) is 22.3 Å². The summed E-state index contributed by atoms with van der Waals surface area (Å²) in [5.74, 6) is 0. The molecule has 0 unspecified atom stereocenters. The summed E-state index contributed by atoms with van der Waals surface area (Å²) in [7, 11) is -1.46. The second kappa shape index (κ2) is 19.4. The minimum Gasteiger partial charge on any atom is -0.423 e. The van der Waals surface area contributed by atoms with Crippen molar-refractivity contribution in [1.29, 1.82) is 0 Å². The van der Waals surface area contributed by atoms with Crippen molar-refractivity contribution < 1.29 is 10.0 Å². The van der Waals surface area contributed by atoms with Crippen molar-refractivity contribution in [3.05, 3.63) is 269 Å². The lowest BCUT2D eigenvalue weighted by Gasteiger charge is -2.08. The fourth-order valence-electron chi connectivity index (χ4n) is 10.1. The van der Waals surface area contributed by atoms with Crippen molar-refractivity contribution in [2.75, 3.05) is 0 Å². The molecule has 0 saturated heterocycles. The molecule has 0 bridgehead atoms. The summed E-state index contributed by atoms with van der Waals surface area (Å²) in [5.41, 5.74) is 19.3. The molecule has 0 atom stereocenters. The summed E-state index contributed by atoms with van der Waals surface area (Å²) in [6, 6.07) is 83.8. The van der Waals surface area contributed by atoms with Crippen molar-refractivity contribution in [3.63, 3.8) is 0 Å². The van der Waals surface area contributed by atoms with Crippen LogP contribution in [0, 0.1) is 0 Å². The van der Waals surface area contributed by atoms with E-state index in [-0.39, 0.29) is 0 Å². The average Bonchev–Trinajstić information content (AvgIpc) is 4.23. The van der Waals surface area contributed by atoms with E-state index in [1.165, 1.54) is 60.9 Å². The number of benzene rings is 10. The second-order valence-electron chi connectivity index (χ2n) is 18.1. The maximum atomic E-state index is 9.43. The number of hydrogen-bond donors (Lipinski definition) is 2. The fourth-order valence-corrected chi connectivity index (χ4v) is 10.5. The van der Waals surface area contributed by atoms with Crippen LogP contribution in [-0.2, 0) is 12.8 Å². The molecule has 2 aliphatic heterocycles. The van der Waals surface area contributed by atoms with E-state index in [1.54, 1.807) is 6.07 Å². The van der Waals surface area contributed by atoms with Gasteiger partial charge < -0.3 is 19.2 Å². The molecule has 0 amide bonds. The first-order chi connectivity index (χ1) is 35.4. The zero-order valence-corrected chi connectivity index (χ0v) is 40.7. The average molecular weight is 994 g/mol. The van der Waals surface area contributed by atoms with Crippen molar-refractivity contribution >= 4 is 94.9 Å². The Morgan fingerprint density at radius 3 is 1.32 bits per heavy atom. The number of aliphatic imine (C=N–C) groups is 2. The Kier molecular flexibility index (Phi) is 12.1. The van der Waals surface area contributed by atoms with Crippen molar-refractivity contribution in [3.8, 4) is 22.5 Å². The zero-order chi connectivity index (χ0) is 48.5. The van der Waals surface area contributed by atoms with Crippen molar-refractivity contribution in [1.82, 2.24) is 9.13 Å². The van der Waals surface area contributed by atoms with E-state index in [4.69, 9.17) is 4.99 Å². The van der Waals surface area contributed by atoms with Gasteiger partial charge in [0, 0.05) is 50.2 Å². The van der Waals surface area contributed by atoms with Crippen LogP contribution in [0.25, 0.3) is 66.1 Å². The smallest absolute Gasteiger partial charge is 0.423 e. The predicted molar refractivity (Wildman–Crippen MR) is 304 cm³/mol. The molecule has 0 spiro atoms. The van der Waals surface area contributed by atoms with Gasteiger partial charge in [0.1, 0.15) is 0 Å². The van der Waals surface area contributed by atoms with E-state index >= 15 is 0 Å². The molecule has 12 aromatic rings. The third-order valence-corrected chi connectivity index (χ3v) is 14.1. The van der Waals surface area contributed by atoms with Crippen LogP contribution < -0.4 is 5.46 Å². The molecule has 10 aromatic carbocycles. The second-order valence-corrected chi connectivity index (χ2v) is 19.0. The highest BCUT2D eigenvalue weighted by atomic mass is 79.9. The number of para-hydroxylation sites is 4. The summed E-state index contributed by atoms with van der Waals surface area (Å²) >= 11 is 3.47. The molecule has 8 heteroatoms. The lowest BCUT2D eigenvalue weighted by molar-refractivity contribution is 0.426. The van der Waals surface area contributed by atoms with Crippen LogP contribution in [0.5, 0.6) is 0 Å². The van der Waals surface area contributed by atoms with Crippen LogP contribution in [0.3, 0.4) is 0 Å². The number of hydrogen-bond acceptors (Lipinski definition) is 4. The standard InChI is InChI=1S/C32H22N2.C18H14BNO2.C14H10BrN/c1-3-9-22(10-4-1)29-21-25-16-15-24(20-30(25)33-29)23-17-18-32-28(19-23)27-13-7-8-14-31(27)34(32)26-11-5-2-6-12-26;21-19(22)13-10-11-18-16(12-13)15-8-4-5-9-17(15)20(18)14-6-2-1-3-7-14;15-12-7-6-11-8-13(16-14(11)9-12)10-4-2-1-3-5-10/h1-20H,21H2;1-12,21-22H;1-7,9H,8H2. The lowest BCUT2D eigenvalue weighted by Crippen LogP contribution is -2.29. The first-order valence-corrected chi connectivity index (χ1v) is 24.9. The molecule has 4 heterocycles. The molecule has 72 heavy (non-hydrogen) atoms.